The molecule has 0 bridgehead atoms. The maximum atomic E-state index is 11.6. The van der Waals surface area contributed by atoms with E-state index in [9.17, 15) is 4.79 Å². The molecule has 1 fully saturated rings. The van der Waals surface area contributed by atoms with Crippen molar-refractivity contribution in [2.75, 3.05) is 27.2 Å². The van der Waals surface area contributed by atoms with Crippen LogP contribution in [0.1, 0.15) is 48.0 Å². The summed E-state index contributed by atoms with van der Waals surface area (Å²) in [6.45, 7) is 13.0. The minimum atomic E-state index is -0.487. The van der Waals surface area contributed by atoms with E-state index in [-0.39, 0.29) is 41.0 Å². The molecule has 0 aromatic carbocycles. The van der Waals surface area contributed by atoms with Crippen LogP contribution < -0.4 is 16.0 Å². The number of rotatable bonds is 5. The summed E-state index contributed by atoms with van der Waals surface area (Å²) in [6, 6.07) is 0.285. The third-order valence-corrected chi connectivity index (χ3v) is 4.90. The largest absolute Gasteiger partial charge is 0.444 e. The van der Waals surface area contributed by atoms with Gasteiger partial charge >= 0.3 is 6.09 Å². The van der Waals surface area contributed by atoms with Crippen LogP contribution in [0.3, 0.4) is 0 Å². The number of nitrogens with one attached hydrogen (secondary N) is 3. The normalized spacial score (nSPS) is 25.3. The van der Waals surface area contributed by atoms with Crippen LogP contribution in [0.15, 0.2) is 4.99 Å². The van der Waals surface area contributed by atoms with Crippen molar-refractivity contribution in [3.05, 3.63) is 0 Å². The van der Waals surface area contributed by atoms with Gasteiger partial charge in [0, 0.05) is 38.7 Å². The second-order valence-corrected chi connectivity index (χ2v) is 7.99. The molecule has 8 heteroatoms. The molecule has 25 heavy (non-hydrogen) atoms. The molecule has 2 unspecified atom stereocenters. The van der Waals surface area contributed by atoms with Crippen molar-refractivity contribution in [1.29, 1.82) is 0 Å². The molecule has 1 aliphatic rings. The summed E-state index contributed by atoms with van der Waals surface area (Å²) in [5.74, 6) is 0.720. The van der Waals surface area contributed by atoms with E-state index in [1.807, 2.05) is 20.8 Å². The topological polar surface area (TPSA) is 84.0 Å². The van der Waals surface area contributed by atoms with Gasteiger partial charge in [0.1, 0.15) is 5.60 Å². The Morgan fingerprint density at radius 2 is 1.76 bits per heavy atom. The lowest BCUT2D eigenvalue weighted by molar-refractivity contribution is -0.176. The molecule has 1 amide bonds. The Kier molecular flexibility index (Phi) is 8.96. The maximum absolute atomic E-state index is 11.6. The van der Waals surface area contributed by atoms with Crippen molar-refractivity contribution in [1.82, 2.24) is 16.0 Å². The van der Waals surface area contributed by atoms with Gasteiger partial charge in [0.2, 0.25) is 0 Å². The van der Waals surface area contributed by atoms with Gasteiger partial charge < -0.3 is 25.4 Å². The third kappa shape index (κ3) is 6.47. The Morgan fingerprint density at radius 3 is 2.20 bits per heavy atom. The van der Waals surface area contributed by atoms with Gasteiger partial charge in [-0.1, -0.05) is 13.8 Å². The first-order chi connectivity index (χ1) is 10.9. The number of carbonyl (C=O) groups is 1. The Labute approximate surface area is 169 Å². The van der Waals surface area contributed by atoms with Gasteiger partial charge in [-0.15, -0.1) is 24.0 Å². The molecule has 148 valence electrons. The van der Waals surface area contributed by atoms with Gasteiger partial charge in [-0.2, -0.15) is 0 Å². The zero-order valence-electron chi connectivity index (χ0n) is 16.8. The van der Waals surface area contributed by atoms with Crippen molar-refractivity contribution in [3.63, 3.8) is 0 Å². The fraction of sp³-hybridized carbons (Fsp3) is 0.882. The average molecular weight is 470 g/mol. The summed E-state index contributed by atoms with van der Waals surface area (Å²) >= 11 is 0. The number of carbonyl (C=O) groups excluding carboxylic acids is 1. The number of alkyl carbamates (subject to hydrolysis) is 1. The number of guanidine groups is 1. The monoisotopic (exact) mass is 470 g/mol. The molecule has 1 rings (SSSR count). The van der Waals surface area contributed by atoms with Crippen molar-refractivity contribution in [2.24, 2.45) is 10.4 Å². The van der Waals surface area contributed by atoms with E-state index in [2.05, 4.69) is 41.7 Å². The van der Waals surface area contributed by atoms with Crippen molar-refractivity contribution < 1.29 is 14.3 Å². The average Bonchev–Trinajstić information content (AvgIpc) is 2.47. The summed E-state index contributed by atoms with van der Waals surface area (Å²) in [5, 5.41) is 9.33. The van der Waals surface area contributed by atoms with Crippen LogP contribution in [0, 0.1) is 5.41 Å². The van der Waals surface area contributed by atoms with E-state index in [0.717, 1.165) is 12.4 Å². The van der Waals surface area contributed by atoms with Gasteiger partial charge in [-0.05, 0) is 34.1 Å². The van der Waals surface area contributed by atoms with E-state index in [1.54, 1.807) is 14.2 Å². The lowest BCUT2D eigenvalue weighted by Gasteiger charge is -2.59. The zero-order chi connectivity index (χ0) is 18.6. The number of hydrogen-bond acceptors (Lipinski definition) is 4. The molecule has 1 saturated carbocycles. The first-order valence-corrected chi connectivity index (χ1v) is 8.44. The van der Waals surface area contributed by atoms with Crippen LogP contribution in [0.2, 0.25) is 0 Å². The third-order valence-electron chi connectivity index (χ3n) is 4.90. The first kappa shape index (κ1) is 24.2. The molecule has 0 saturated heterocycles. The van der Waals surface area contributed by atoms with Crippen LogP contribution in [0.4, 0.5) is 4.79 Å². The second-order valence-electron chi connectivity index (χ2n) is 7.99. The molecule has 3 N–H and O–H groups in total. The van der Waals surface area contributed by atoms with Crippen LogP contribution in [0.5, 0.6) is 0 Å². The molecule has 1 aliphatic carbocycles. The highest BCUT2D eigenvalue weighted by Gasteiger charge is 2.58. The second kappa shape index (κ2) is 9.25. The molecular formula is C17H35IN4O3. The molecule has 7 nitrogen and oxygen atoms in total. The minimum absolute atomic E-state index is 0. The molecule has 0 spiro atoms. The van der Waals surface area contributed by atoms with Gasteiger partial charge in [-0.25, -0.2) is 4.79 Å². The predicted octanol–water partition coefficient (Wildman–Crippen LogP) is 2.50. The van der Waals surface area contributed by atoms with Crippen molar-refractivity contribution >= 4 is 36.0 Å². The highest BCUT2D eigenvalue weighted by molar-refractivity contribution is 14.0. The molecule has 2 atom stereocenters. The quantitative estimate of drug-likeness (QED) is 0.249. The fourth-order valence-corrected chi connectivity index (χ4v) is 2.74. The van der Waals surface area contributed by atoms with Crippen LogP contribution >= 0.6 is 24.0 Å². The van der Waals surface area contributed by atoms with E-state index in [1.165, 1.54) is 0 Å². The summed E-state index contributed by atoms with van der Waals surface area (Å²) in [5.41, 5.74) is -0.602. The Morgan fingerprint density at radius 1 is 1.20 bits per heavy atom. The summed E-state index contributed by atoms with van der Waals surface area (Å²) in [6.07, 6.45) is 0.510. The van der Waals surface area contributed by atoms with Crippen molar-refractivity contribution in [2.45, 2.75) is 65.2 Å². The number of halogens is 1. The Bertz CT molecular complexity index is 477. The minimum Gasteiger partial charge on any atom is -0.444 e. The van der Waals surface area contributed by atoms with Crippen LogP contribution in [0.25, 0.3) is 0 Å². The molecule has 0 aliphatic heterocycles. The van der Waals surface area contributed by atoms with E-state index >= 15 is 0 Å². The molecular weight excluding hydrogens is 435 g/mol. The molecule has 0 heterocycles. The Balaban J connectivity index is 0.00000576. The Hall–Kier alpha value is -0.770. The summed E-state index contributed by atoms with van der Waals surface area (Å²) < 4.78 is 10.8. The van der Waals surface area contributed by atoms with Crippen molar-refractivity contribution in [3.8, 4) is 0 Å². The maximum Gasteiger partial charge on any atom is 0.407 e. The number of amides is 1. The molecule has 0 aromatic heterocycles. The zero-order valence-corrected chi connectivity index (χ0v) is 19.1. The van der Waals surface area contributed by atoms with E-state index in [4.69, 9.17) is 9.47 Å². The summed E-state index contributed by atoms with van der Waals surface area (Å²) in [7, 11) is 3.49. The highest BCUT2D eigenvalue weighted by Crippen LogP contribution is 2.51. The number of ether oxygens (including phenoxy) is 2. The first-order valence-electron chi connectivity index (χ1n) is 8.44. The fourth-order valence-electron chi connectivity index (χ4n) is 2.74. The lowest BCUT2D eigenvalue weighted by atomic mass is 9.56. The summed E-state index contributed by atoms with van der Waals surface area (Å²) in [4.78, 5) is 15.8. The predicted molar refractivity (Wildman–Crippen MR) is 112 cm³/mol. The number of methoxy groups -OCH3 is 1. The van der Waals surface area contributed by atoms with Crippen LogP contribution in [-0.2, 0) is 9.47 Å². The standard InChI is InChI=1S/C17H34N4O3.HI/c1-15(2,3)24-14(22)20-10-9-19-13(18-7)21-12-11-17(6,23-8)16(12,4)5;/h12H,9-11H2,1-8H3,(H,20,22)(H2,18,19,21);1H. The lowest BCUT2D eigenvalue weighted by Crippen LogP contribution is -2.69. The molecule has 0 aromatic rings. The number of aliphatic imine (C=N–C) groups is 1. The van der Waals surface area contributed by atoms with Gasteiger partial charge in [-0.3, -0.25) is 4.99 Å². The number of hydrogen-bond donors (Lipinski definition) is 3. The smallest absolute Gasteiger partial charge is 0.407 e. The van der Waals surface area contributed by atoms with Gasteiger partial charge in [0.15, 0.2) is 5.96 Å². The van der Waals surface area contributed by atoms with E-state index < -0.39 is 11.7 Å². The molecule has 0 radical (unpaired) electrons. The highest BCUT2D eigenvalue weighted by atomic mass is 127. The van der Waals surface area contributed by atoms with Gasteiger partial charge in [0.25, 0.3) is 0 Å². The SMILES string of the molecule is CN=C(NCCNC(=O)OC(C)(C)C)NC1CC(C)(OC)C1(C)C.I. The number of nitrogens with zero attached hydrogens (tertiary/aromatic N) is 1. The van der Waals surface area contributed by atoms with Gasteiger partial charge in [0.05, 0.1) is 5.60 Å². The van der Waals surface area contributed by atoms with Crippen LogP contribution in [-0.4, -0.2) is 56.5 Å². The van der Waals surface area contributed by atoms with E-state index in [0.29, 0.717) is 13.1 Å².